The highest BCUT2D eigenvalue weighted by Crippen LogP contribution is 2.25. The Morgan fingerprint density at radius 3 is 2.35 bits per heavy atom. The summed E-state index contributed by atoms with van der Waals surface area (Å²) < 4.78 is 34.9. The highest BCUT2D eigenvalue weighted by Gasteiger charge is 2.38. The molecular weight excluding hydrogens is 240 g/mol. The summed E-state index contributed by atoms with van der Waals surface area (Å²) in [5, 5.41) is 0. The van der Waals surface area contributed by atoms with Gasteiger partial charge < -0.3 is 9.47 Å². The van der Waals surface area contributed by atoms with Crippen LogP contribution in [0.3, 0.4) is 0 Å². The van der Waals surface area contributed by atoms with Gasteiger partial charge in [-0.3, -0.25) is 0 Å². The lowest BCUT2D eigenvalue weighted by Crippen LogP contribution is -2.36. The molecule has 1 aromatic rings. The molecule has 17 heavy (non-hydrogen) atoms. The summed E-state index contributed by atoms with van der Waals surface area (Å²) in [5.41, 5.74) is 0. The molecule has 0 N–H and O–H groups in total. The van der Waals surface area contributed by atoms with Gasteiger partial charge in [0, 0.05) is 0 Å². The topological polar surface area (TPSA) is 52.6 Å². The minimum Gasteiger partial charge on any atom is -0.343 e. The summed E-state index contributed by atoms with van der Waals surface area (Å²) in [6.45, 7) is 4.35. The first-order valence-electron chi connectivity index (χ1n) is 5.27. The predicted octanol–water partition coefficient (Wildman–Crippen LogP) is 1.39. The van der Waals surface area contributed by atoms with Crippen molar-refractivity contribution in [3.8, 4) is 0 Å². The van der Waals surface area contributed by atoms with Crippen LogP contribution in [0.1, 0.15) is 0 Å². The molecule has 0 unspecified atom stereocenters. The van der Waals surface area contributed by atoms with Crippen molar-refractivity contribution in [2.24, 2.45) is 0 Å². The highest BCUT2D eigenvalue weighted by atomic mass is 32.2. The monoisotopic (exact) mass is 254 g/mol. The van der Waals surface area contributed by atoms with E-state index in [1.54, 1.807) is 30.3 Å². The van der Waals surface area contributed by atoms with Gasteiger partial charge in [0.15, 0.2) is 9.84 Å². The Kier molecular flexibility index (Phi) is 3.33. The quantitative estimate of drug-likeness (QED) is 0.762. The van der Waals surface area contributed by atoms with Crippen LogP contribution in [0.15, 0.2) is 47.9 Å². The lowest BCUT2D eigenvalue weighted by atomic mass is 10.3. The summed E-state index contributed by atoms with van der Waals surface area (Å²) in [6.07, 6.45) is 1.40. The van der Waals surface area contributed by atoms with Crippen molar-refractivity contribution in [1.82, 2.24) is 0 Å². The maximum atomic E-state index is 12.1. The van der Waals surface area contributed by atoms with Crippen molar-refractivity contribution in [3.63, 3.8) is 0 Å². The molecule has 0 atom stereocenters. The van der Waals surface area contributed by atoms with Crippen LogP contribution in [0.4, 0.5) is 0 Å². The summed E-state index contributed by atoms with van der Waals surface area (Å²) >= 11 is 0. The van der Waals surface area contributed by atoms with Gasteiger partial charge in [0.05, 0.1) is 18.1 Å². The first kappa shape index (κ1) is 12.3. The maximum absolute atomic E-state index is 12.1. The molecule has 0 saturated carbocycles. The van der Waals surface area contributed by atoms with E-state index in [9.17, 15) is 8.42 Å². The molecule has 92 valence electrons. The number of rotatable bonds is 4. The first-order valence-corrected chi connectivity index (χ1v) is 6.93. The molecular formula is C12H14O4S. The van der Waals surface area contributed by atoms with E-state index < -0.39 is 15.6 Å². The fourth-order valence-corrected chi connectivity index (χ4v) is 3.26. The Bertz CT molecular complexity index is 486. The molecule has 0 amide bonds. The molecule has 0 aromatic heterocycles. The van der Waals surface area contributed by atoms with Gasteiger partial charge in [-0.25, -0.2) is 8.42 Å². The van der Waals surface area contributed by atoms with Gasteiger partial charge in [0.1, 0.15) is 5.75 Å². The lowest BCUT2D eigenvalue weighted by Gasteiger charge is -2.22. The van der Waals surface area contributed by atoms with Crippen molar-refractivity contribution in [1.29, 1.82) is 0 Å². The average Bonchev–Trinajstić information content (AvgIpc) is 2.79. The molecule has 1 aliphatic heterocycles. The Morgan fingerprint density at radius 2 is 1.82 bits per heavy atom. The van der Waals surface area contributed by atoms with E-state index >= 15 is 0 Å². The van der Waals surface area contributed by atoms with E-state index in [4.69, 9.17) is 9.47 Å². The van der Waals surface area contributed by atoms with Crippen molar-refractivity contribution in [3.05, 3.63) is 43.0 Å². The molecule has 1 aliphatic rings. The van der Waals surface area contributed by atoms with E-state index in [-0.39, 0.29) is 10.6 Å². The van der Waals surface area contributed by atoms with Crippen LogP contribution in [0.5, 0.6) is 0 Å². The van der Waals surface area contributed by atoms with Crippen molar-refractivity contribution < 1.29 is 17.9 Å². The molecule has 5 heteroatoms. The van der Waals surface area contributed by atoms with Gasteiger partial charge in [-0.15, -0.1) is 0 Å². The van der Waals surface area contributed by atoms with Crippen LogP contribution >= 0.6 is 0 Å². The maximum Gasteiger partial charge on any atom is 0.202 e. The van der Waals surface area contributed by atoms with E-state index in [2.05, 4.69) is 6.58 Å². The van der Waals surface area contributed by atoms with Gasteiger partial charge in [-0.05, 0) is 18.2 Å². The Hall–Kier alpha value is -1.17. The van der Waals surface area contributed by atoms with E-state index in [0.717, 1.165) is 0 Å². The van der Waals surface area contributed by atoms with E-state index in [1.165, 1.54) is 6.08 Å². The molecule has 0 bridgehead atoms. The van der Waals surface area contributed by atoms with Crippen LogP contribution in [-0.4, -0.2) is 33.2 Å². The zero-order valence-corrected chi connectivity index (χ0v) is 10.2. The molecule has 2 rings (SSSR count). The van der Waals surface area contributed by atoms with Gasteiger partial charge in [0.25, 0.3) is 0 Å². The number of hydrogen-bond donors (Lipinski definition) is 0. The zero-order valence-electron chi connectivity index (χ0n) is 9.33. The van der Waals surface area contributed by atoms with E-state index in [0.29, 0.717) is 13.2 Å². The standard InChI is InChI=1S/C12H14O4S/c1-2-12(15-8-9-16-12)10-17(13,14)11-6-4-3-5-7-11/h2-7H,1,8-10H2. The van der Waals surface area contributed by atoms with Crippen LogP contribution in [0.25, 0.3) is 0 Å². The molecule has 0 aliphatic carbocycles. The fraction of sp³-hybridized carbons (Fsp3) is 0.333. The minimum absolute atomic E-state index is 0.243. The highest BCUT2D eigenvalue weighted by molar-refractivity contribution is 7.91. The average molecular weight is 254 g/mol. The second-order valence-corrected chi connectivity index (χ2v) is 5.77. The van der Waals surface area contributed by atoms with E-state index in [1.807, 2.05) is 0 Å². The summed E-state index contributed by atoms with van der Waals surface area (Å²) in [6, 6.07) is 8.25. The van der Waals surface area contributed by atoms with Crippen LogP contribution in [-0.2, 0) is 19.3 Å². The molecule has 1 aromatic carbocycles. The van der Waals surface area contributed by atoms with Gasteiger partial charge >= 0.3 is 0 Å². The second-order valence-electron chi connectivity index (χ2n) is 3.79. The number of sulfone groups is 1. The van der Waals surface area contributed by atoms with Gasteiger partial charge in [0.2, 0.25) is 5.79 Å². The lowest BCUT2D eigenvalue weighted by molar-refractivity contribution is -0.0962. The predicted molar refractivity (Wildman–Crippen MR) is 63.3 cm³/mol. The van der Waals surface area contributed by atoms with Crippen molar-refractivity contribution >= 4 is 9.84 Å². The second kappa shape index (κ2) is 4.60. The largest absolute Gasteiger partial charge is 0.343 e. The summed E-state index contributed by atoms with van der Waals surface area (Å²) in [4.78, 5) is 0.264. The Labute approximate surface area is 101 Å². The summed E-state index contributed by atoms with van der Waals surface area (Å²) in [7, 11) is -3.44. The summed E-state index contributed by atoms with van der Waals surface area (Å²) in [5.74, 6) is -1.44. The molecule has 0 radical (unpaired) electrons. The third-order valence-corrected chi connectivity index (χ3v) is 4.35. The first-order chi connectivity index (χ1) is 8.08. The number of hydrogen-bond acceptors (Lipinski definition) is 4. The van der Waals surface area contributed by atoms with Crippen LogP contribution in [0, 0.1) is 0 Å². The molecule has 0 spiro atoms. The number of benzene rings is 1. The molecule has 1 heterocycles. The Balaban J connectivity index is 2.26. The van der Waals surface area contributed by atoms with Gasteiger partial charge in [-0.1, -0.05) is 24.8 Å². The fourth-order valence-electron chi connectivity index (χ4n) is 1.71. The van der Waals surface area contributed by atoms with Crippen molar-refractivity contribution in [2.45, 2.75) is 10.7 Å². The van der Waals surface area contributed by atoms with Crippen molar-refractivity contribution in [2.75, 3.05) is 19.0 Å². The molecule has 1 fully saturated rings. The number of ether oxygens (including phenoxy) is 2. The van der Waals surface area contributed by atoms with Crippen LogP contribution < -0.4 is 0 Å². The Morgan fingerprint density at radius 1 is 1.24 bits per heavy atom. The smallest absolute Gasteiger partial charge is 0.202 e. The van der Waals surface area contributed by atoms with Gasteiger partial charge in [-0.2, -0.15) is 0 Å². The SMILES string of the molecule is C=CC1(CS(=O)(=O)c2ccccc2)OCCO1. The molecule has 4 nitrogen and oxygen atoms in total. The molecule has 1 saturated heterocycles. The normalized spacial score (nSPS) is 19.1. The third-order valence-electron chi connectivity index (χ3n) is 2.58. The minimum atomic E-state index is -3.44. The zero-order chi connectivity index (χ0) is 12.4. The third kappa shape index (κ3) is 2.57. The van der Waals surface area contributed by atoms with Crippen LogP contribution in [0.2, 0.25) is 0 Å².